The molecule has 0 radical (unpaired) electrons. The smallest absolute Gasteiger partial charge is 0.330 e. The summed E-state index contributed by atoms with van der Waals surface area (Å²) < 4.78 is 5.01. The van der Waals surface area contributed by atoms with Crippen molar-refractivity contribution in [3.05, 3.63) is 72.8 Å². The van der Waals surface area contributed by atoms with Crippen LogP contribution in [-0.2, 0) is 16.1 Å². The van der Waals surface area contributed by atoms with Crippen molar-refractivity contribution in [2.75, 3.05) is 0 Å². The fourth-order valence-electron chi connectivity index (χ4n) is 1.68. The first-order valence-corrected chi connectivity index (χ1v) is 5.73. The molecule has 2 nitrogen and oxygen atoms in total. The molecule has 0 aliphatic carbocycles. The molecular weight excluding hydrogens is 224 g/mol. The molecule has 0 amide bonds. The normalized spacial score (nSPS) is 9.78. The van der Waals surface area contributed by atoms with Crippen molar-refractivity contribution >= 4 is 5.97 Å². The van der Waals surface area contributed by atoms with Gasteiger partial charge in [-0.05, 0) is 22.8 Å². The van der Waals surface area contributed by atoms with Crippen LogP contribution in [0.2, 0.25) is 0 Å². The largest absolute Gasteiger partial charge is 0.458 e. The van der Waals surface area contributed by atoms with Gasteiger partial charge in [-0.1, -0.05) is 55.1 Å². The summed E-state index contributed by atoms with van der Waals surface area (Å²) in [5, 5.41) is 0. The predicted molar refractivity (Wildman–Crippen MR) is 71.9 cm³/mol. The Balaban J connectivity index is 2.15. The number of esters is 1. The van der Waals surface area contributed by atoms with Crippen LogP contribution in [0, 0.1) is 0 Å². The first-order chi connectivity index (χ1) is 8.79. The molecule has 2 heteroatoms. The molecule has 2 aromatic rings. The Bertz CT molecular complexity index is 544. The second kappa shape index (κ2) is 5.82. The average molecular weight is 238 g/mol. The zero-order valence-electron chi connectivity index (χ0n) is 10.0. The monoisotopic (exact) mass is 238 g/mol. The lowest BCUT2D eigenvalue weighted by atomic mass is 10.0. The van der Waals surface area contributed by atoms with Crippen LogP contribution in [0.15, 0.2) is 67.3 Å². The molecule has 0 aliphatic rings. The first kappa shape index (κ1) is 12.1. The number of carbonyl (C=O) groups is 1. The van der Waals surface area contributed by atoms with Crippen LogP contribution in [0.5, 0.6) is 0 Å². The Hall–Kier alpha value is -2.35. The zero-order valence-corrected chi connectivity index (χ0v) is 10.0. The van der Waals surface area contributed by atoms with Crippen LogP contribution in [0.25, 0.3) is 11.1 Å². The minimum absolute atomic E-state index is 0.269. The van der Waals surface area contributed by atoms with Crippen LogP contribution < -0.4 is 0 Å². The third-order valence-electron chi connectivity index (χ3n) is 2.58. The molecule has 0 atom stereocenters. The van der Waals surface area contributed by atoms with Gasteiger partial charge in [0.05, 0.1) is 0 Å². The van der Waals surface area contributed by atoms with Gasteiger partial charge in [-0.15, -0.1) is 0 Å². The van der Waals surface area contributed by atoms with E-state index in [2.05, 4.69) is 18.7 Å². The highest BCUT2D eigenvalue weighted by atomic mass is 16.5. The van der Waals surface area contributed by atoms with E-state index in [9.17, 15) is 4.79 Å². The Labute approximate surface area is 107 Å². The number of hydrogen-bond donors (Lipinski definition) is 0. The first-order valence-electron chi connectivity index (χ1n) is 5.73. The third kappa shape index (κ3) is 3.08. The molecule has 0 bridgehead atoms. The molecule has 2 aromatic carbocycles. The van der Waals surface area contributed by atoms with Crippen LogP contribution in [0.3, 0.4) is 0 Å². The SMILES string of the molecule is C=CC(=O)OCc1cccc(-c2ccccc2)c1. The summed E-state index contributed by atoms with van der Waals surface area (Å²) in [5.74, 6) is -0.403. The van der Waals surface area contributed by atoms with Crippen molar-refractivity contribution in [3.8, 4) is 11.1 Å². The minimum Gasteiger partial charge on any atom is -0.458 e. The maximum Gasteiger partial charge on any atom is 0.330 e. The number of rotatable bonds is 4. The Morgan fingerprint density at radius 3 is 2.50 bits per heavy atom. The molecule has 2 rings (SSSR count). The predicted octanol–water partition coefficient (Wildman–Crippen LogP) is 3.58. The standard InChI is InChI=1S/C16H14O2/c1-2-16(17)18-12-13-7-6-10-15(11-13)14-8-4-3-5-9-14/h2-11H,1,12H2. The van der Waals surface area contributed by atoms with Gasteiger partial charge in [0.1, 0.15) is 6.61 Å². The molecule has 0 saturated heterocycles. The maximum absolute atomic E-state index is 11.0. The van der Waals surface area contributed by atoms with Gasteiger partial charge in [0, 0.05) is 6.08 Å². The summed E-state index contributed by atoms with van der Waals surface area (Å²) in [6.07, 6.45) is 1.17. The van der Waals surface area contributed by atoms with E-state index in [0.717, 1.165) is 16.7 Å². The van der Waals surface area contributed by atoms with Gasteiger partial charge in [0.15, 0.2) is 0 Å². The zero-order chi connectivity index (χ0) is 12.8. The van der Waals surface area contributed by atoms with E-state index in [4.69, 9.17) is 4.74 Å². The van der Waals surface area contributed by atoms with Crippen molar-refractivity contribution in [3.63, 3.8) is 0 Å². The van der Waals surface area contributed by atoms with Gasteiger partial charge in [-0.2, -0.15) is 0 Å². The highest BCUT2D eigenvalue weighted by molar-refractivity contribution is 5.81. The van der Waals surface area contributed by atoms with Crippen LogP contribution in [0.4, 0.5) is 0 Å². The van der Waals surface area contributed by atoms with Crippen molar-refractivity contribution in [1.82, 2.24) is 0 Å². The van der Waals surface area contributed by atoms with E-state index >= 15 is 0 Å². The van der Waals surface area contributed by atoms with Crippen LogP contribution >= 0.6 is 0 Å². The van der Waals surface area contributed by atoms with Crippen LogP contribution in [0.1, 0.15) is 5.56 Å². The maximum atomic E-state index is 11.0. The number of ether oxygens (including phenoxy) is 1. The molecule has 0 heterocycles. The Morgan fingerprint density at radius 1 is 1.06 bits per heavy atom. The quantitative estimate of drug-likeness (QED) is 0.601. The summed E-state index contributed by atoms with van der Waals surface area (Å²) in [6.45, 7) is 3.63. The van der Waals surface area contributed by atoms with E-state index in [1.165, 1.54) is 6.08 Å². The third-order valence-corrected chi connectivity index (χ3v) is 2.58. The highest BCUT2D eigenvalue weighted by Gasteiger charge is 2.01. The molecule has 0 saturated carbocycles. The molecular formula is C16H14O2. The van der Waals surface area contributed by atoms with Crippen LogP contribution in [-0.4, -0.2) is 5.97 Å². The summed E-state index contributed by atoms with van der Waals surface area (Å²) in [7, 11) is 0. The Kier molecular flexibility index (Phi) is 3.92. The van der Waals surface area contributed by atoms with Crippen molar-refractivity contribution in [1.29, 1.82) is 0 Å². The topological polar surface area (TPSA) is 26.3 Å². The summed E-state index contributed by atoms with van der Waals surface area (Å²) in [4.78, 5) is 11.0. The van der Waals surface area contributed by atoms with Gasteiger partial charge in [0.2, 0.25) is 0 Å². The van der Waals surface area contributed by atoms with Crippen molar-refractivity contribution < 1.29 is 9.53 Å². The number of hydrogen-bond acceptors (Lipinski definition) is 2. The summed E-state index contributed by atoms with van der Waals surface area (Å²) in [5.41, 5.74) is 3.23. The van der Waals surface area contributed by atoms with Gasteiger partial charge in [-0.3, -0.25) is 0 Å². The van der Waals surface area contributed by atoms with E-state index in [1.807, 2.05) is 42.5 Å². The van der Waals surface area contributed by atoms with Gasteiger partial charge in [-0.25, -0.2) is 4.79 Å². The van der Waals surface area contributed by atoms with E-state index < -0.39 is 5.97 Å². The minimum atomic E-state index is -0.403. The lowest BCUT2D eigenvalue weighted by Crippen LogP contribution is -2.00. The average Bonchev–Trinajstić information content (AvgIpc) is 2.46. The molecule has 0 unspecified atom stereocenters. The molecule has 0 spiro atoms. The lowest BCUT2D eigenvalue weighted by Gasteiger charge is -2.06. The fraction of sp³-hybridized carbons (Fsp3) is 0.0625. The van der Waals surface area contributed by atoms with Gasteiger partial charge < -0.3 is 4.74 Å². The second-order valence-electron chi connectivity index (χ2n) is 3.88. The second-order valence-corrected chi connectivity index (χ2v) is 3.88. The summed E-state index contributed by atoms with van der Waals surface area (Å²) in [6, 6.07) is 18.0. The summed E-state index contributed by atoms with van der Waals surface area (Å²) >= 11 is 0. The molecule has 90 valence electrons. The molecule has 0 aromatic heterocycles. The molecule has 0 aliphatic heterocycles. The van der Waals surface area contributed by atoms with Crippen molar-refractivity contribution in [2.24, 2.45) is 0 Å². The van der Waals surface area contributed by atoms with Gasteiger partial charge >= 0.3 is 5.97 Å². The fourth-order valence-corrected chi connectivity index (χ4v) is 1.68. The van der Waals surface area contributed by atoms with E-state index in [0.29, 0.717) is 0 Å². The number of benzene rings is 2. The number of carbonyl (C=O) groups excluding carboxylic acids is 1. The Morgan fingerprint density at radius 2 is 1.78 bits per heavy atom. The lowest BCUT2D eigenvalue weighted by molar-refractivity contribution is -0.138. The molecule has 0 N–H and O–H groups in total. The molecule has 0 fully saturated rings. The van der Waals surface area contributed by atoms with Crippen molar-refractivity contribution in [2.45, 2.75) is 6.61 Å². The van der Waals surface area contributed by atoms with E-state index in [-0.39, 0.29) is 6.61 Å². The highest BCUT2D eigenvalue weighted by Crippen LogP contribution is 2.20. The van der Waals surface area contributed by atoms with Gasteiger partial charge in [0.25, 0.3) is 0 Å². The van der Waals surface area contributed by atoms with E-state index in [1.54, 1.807) is 0 Å². The molecule has 18 heavy (non-hydrogen) atoms.